The van der Waals surface area contributed by atoms with Crippen LogP contribution in [-0.4, -0.2) is 65.2 Å². The van der Waals surface area contributed by atoms with Gasteiger partial charge in [0.15, 0.2) is 0 Å². The van der Waals surface area contributed by atoms with Gasteiger partial charge in [-0.15, -0.1) is 0 Å². The third kappa shape index (κ3) is 8.72. The second-order valence-electron chi connectivity index (χ2n) is 8.31. The molecule has 1 amide bonds. The first kappa shape index (κ1) is 25.5. The van der Waals surface area contributed by atoms with Crippen LogP contribution in [0.5, 0.6) is 5.88 Å². The van der Waals surface area contributed by atoms with Gasteiger partial charge in [-0.25, -0.2) is 18.1 Å². The molecule has 1 aromatic rings. The molecule has 31 heavy (non-hydrogen) atoms. The van der Waals surface area contributed by atoms with Crippen molar-refractivity contribution in [2.75, 3.05) is 12.3 Å². The van der Waals surface area contributed by atoms with Crippen LogP contribution in [0.3, 0.4) is 0 Å². The predicted octanol–water partition coefficient (Wildman–Crippen LogP) is 1.30. The number of aromatic hydroxyl groups is 1. The molecule has 0 aliphatic heterocycles. The molecule has 0 spiro atoms. The van der Waals surface area contributed by atoms with Crippen molar-refractivity contribution >= 4 is 15.9 Å². The van der Waals surface area contributed by atoms with Gasteiger partial charge in [-0.2, -0.15) is 0 Å². The highest BCUT2D eigenvalue weighted by atomic mass is 32.2. The van der Waals surface area contributed by atoms with E-state index < -0.39 is 39.9 Å². The Morgan fingerprint density at radius 3 is 2.55 bits per heavy atom. The number of aromatic nitrogens is 1. The second-order valence-corrected chi connectivity index (χ2v) is 10.2. The number of carbonyl (C=O) groups excluding carboxylic acids is 1. The summed E-state index contributed by atoms with van der Waals surface area (Å²) >= 11 is 0. The Kier molecular flexibility index (Phi) is 10.1. The van der Waals surface area contributed by atoms with Gasteiger partial charge < -0.3 is 20.6 Å². The van der Waals surface area contributed by atoms with Crippen LogP contribution in [0, 0.1) is 5.92 Å². The number of aliphatic hydroxyl groups is 2. The summed E-state index contributed by atoms with van der Waals surface area (Å²) < 4.78 is 26.8. The van der Waals surface area contributed by atoms with Gasteiger partial charge >= 0.3 is 0 Å². The highest BCUT2D eigenvalue weighted by Gasteiger charge is 2.33. The lowest BCUT2D eigenvalue weighted by atomic mass is 9.83. The maximum absolute atomic E-state index is 12.6. The van der Waals surface area contributed by atoms with Gasteiger partial charge in [0.1, 0.15) is 6.10 Å². The summed E-state index contributed by atoms with van der Waals surface area (Å²) in [5, 5.41) is 33.3. The van der Waals surface area contributed by atoms with Crippen molar-refractivity contribution in [2.45, 2.75) is 76.5 Å². The summed E-state index contributed by atoms with van der Waals surface area (Å²) in [4.78, 5) is 16.3. The fraction of sp³-hybridized carbons (Fsp3) is 0.714. The number of nitrogens with zero attached hydrogens (tertiary/aromatic N) is 1. The van der Waals surface area contributed by atoms with Crippen LogP contribution in [-0.2, 0) is 10.0 Å². The molecular weight excluding hydrogens is 422 g/mol. The molecule has 0 unspecified atom stereocenters. The van der Waals surface area contributed by atoms with Crippen molar-refractivity contribution in [1.82, 2.24) is 15.0 Å². The van der Waals surface area contributed by atoms with Crippen molar-refractivity contribution in [3.8, 4) is 5.88 Å². The highest BCUT2D eigenvalue weighted by Crippen LogP contribution is 2.28. The maximum Gasteiger partial charge on any atom is 0.253 e. The molecule has 1 aliphatic carbocycles. The smallest absolute Gasteiger partial charge is 0.253 e. The summed E-state index contributed by atoms with van der Waals surface area (Å²) in [5.74, 6) is -1.09. The Labute approximate surface area is 184 Å². The van der Waals surface area contributed by atoms with Crippen LogP contribution >= 0.6 is 0 Å². The van der Waals surface area contributed by atoms with E-state index in [1.54, 1.807) is 0 Å². The van der Waals surface area contributed by atoms with Gasteiger partial charge in [0.25, 0.3) is 5.91 Å². The molecule has 1 saturated carbocycles. The molecule has 3 atom stereocenters. The molecule has 0 saturated heterocycles. The number of nitrogens with one attached hydrogen (secondary N) is 2. The zero-order valence-electron chi connectivity index (χ0n) is 18.0. The zero-order chi connectivity index (χ0) is 22.9. The van der Waals surface area contributed by atoms with Crippen LogP contribution < -0.4 is 10.0 Å². The van der Waals surface area contributed by atoms with Crippen molar-refractivity contribution < 1.29 is 28.5 Å². The highest BCUT2D eigenvalue weighted by molar-refractivity contribution is 7.89. The van der Waals surface area contributed by atoms with E-state index in [1.807, 2.05) is 6.92 Å². The first-order valence-electron chi connectivity index (χ1n) is 11.0. The van der Waals surface area contributed by atoms with E-state index in [9.17, 15) is 28.5 Å². The number of amides is 1. The third-order valence-electron chi connectivity index (χ3n) is 5.69. The number of carbonyl (C=O) groups is 1. The van der Waals surface area contributed by atoms with Gasteiger partial charge in [-0.3, -0.25) is 4.79 Å². The Bertz CT molecular complexity index is 781. The SMILES string of the molecule is CCCCNS(=O)(=O)C[C@H](O)[C@H](O)[C@H](CC1CCCCC1)NC(=O)c1ccc(O)nc1. The molecule has 176 valence electrons. The van der Waals surface area contributed by atoms with Crippen molar-refractivity contribution in [2.24, 2.45) is 5.92 Å². The van der Waals surface area contributed by atoms with E-state index in [4.69, 9.17) is 0 Å². The van der Waals surface area contributed by atoms with E-state index in [2.05, 4.69) is 15.0 Å². The Morgan fingerprint density at radius 1 is 1.23 bits per heavy atom. The number of unbranched alkanes of at least 4 members (excludes halogenated alkanes) is 1. The molecule has 0 radical (unpaired) electrons. The van der Waals surface area contributed by atoms with Crippen LogP contribution in [0.15, 0.2) is 18.3 Å². The average molecular weight is 458 g/mol. The summed E-state index contributed by atoms with van der Waals surface area (Å²) in [6.45, 7) is 2.22. The van der Waals surface area contributed by atoms with Crippen LogP contribution in [0.1, 0.15) is 68.6 Å². The molecule has 0 aromatic carbocycles. The van der Waals surface area contributed by atoms with Crippen molar-refractivity contribution in [3.05, 3.63) is 23.9 Å². The quantitative estimate of drug-likeness (QED) is 0.297. The van der Waals surface area contributed by atoms with Gasteiger partial charge in [0.2, 0.25) is 15.9 Å². The van der Waals surface area contributed by atoms with E-state index in [0.29, 0.717) is 12.8 Å². The van der Waals surface area contributed by atoms with Crippen LogP contribution in [0.4, 0.5) is 0 Å². The van der Waals surface area contributed by atoms with E-state index in [1.165, 1.54) is 18.3 Å². The number of pyridine rings is 1. The molecular formula is C21H35N3O6S. The fourth-order valence-corrected chi connectivity index (χ4v) is 5.11. The summed E-state index contributed by atoms with van der Waals surface area (Å²) in [7, 11) is -3.76. The van der Waals surface area contributed by atoms with E-state index >= 15 is 0 Å². The lowest BCUT2D eigenvalue weighted by Gasteiger charge is -2.32. The number of hydrogen-bond acceptors (Lipinski definition) is 7. The zero-order valence-corrected chi connectivity index (χ0v) is 18.9. The molecule has 2 rings (SSSR count). The minimum atomic E-state index is -3.76. The Balaban J connectivity index is 2.08. The summed E-state index contributed by atoms with van der Waals surface area (Å²) in [6, 6.07) is 1.87. The summed E-state index contributed by atoms with van der Waals surface area (Å²) in [6.07, 6.45) is 5.40. The Hall–Kier alpha value is -1.75. The number of hydrogen-bond donors (Lipinski definition) is 5. The standard InChI is InChI=1S/C21H35N3O6S/c1-2-3-11-23-31(29,30)14-18(25)20(27)17(12-15-7-5-4-6-8-15)24-21(28)16-9-10-19(26)22-13-16/h9-10,13,15,17-18,20,23,25,27H,2-8,11-12,14H2,1H3,(H,22,26)(H,24,28)/t17-,18-,20+/m0/s1. The minimum Gasteiger partial charge on any atom is -0.493 e. The average Bonchev–Trinajstić information content (AvgIpc) is 2.73. The molecule has 1 fully saturated rings. The molecule has 1 heterocycles. The monoisotopic (exact) mass is 457 g/mol. The van der Waals surface area contributed by atoms with Gasteiger partial charge in [0.05, 0.1) is 23.5 Å². The van der Waals surface area contributed by atoms with Crippen molar-refractivity contribution in [1.29, 1.82) is 0 Å². The normalized spacial score (nSPS) is 18.3. The number of aliphatic hydroxyl groups excluding tert-OH is 2. The van der Waals surface area contributed by atoms with Crippen molar-refractivity contribution in [3.63, 3.8) is 0 Å². The lowest BCUT2D eigenvalue weighted by molar-refractivity contribution is 0.00200. The molecule has 5 N–H and O–H groups in total. The second kappa shape index (κ2) is 12.3. The predicted molar refractivity (Wildman–Crippen MR) is 117 cm³/mol. The molecule has 10 heteroatoms. The Morgan fingerprint density at radius 2 is 1.94 bits per heavy atom. The topological polar surface area (TPSA) is 149 Å². The minimum absolute atomic E-state index is 0.196. The summed E-state index contributed by atoms with van der Waals surface area (Å²) in [5.41, 5.74) is 0.196. The molecule has 1 aliphatic rings. The van der Waals surface area contributed by atoms with E-state index in [-0.39, 0.29) is 23.9 Å². The van der Waals surface area contributed by atoms with Crippen LogP contribution in [0.2, 0.25) is 0 Å². The largest absolute Gasteiger partial charge is 0.493 e. The van der Waals surface area contributed by atoms with E-state index in [0.717, 1.165) is 38.5 Å². The maximum atomic E-state index is 12.6. The molecule has 0 bridgehead atoms. The lowest BCUT2D eigenvalue weighted by Crippen LogP contribution is -2.52. The van der Waals surface area contributed by atoms with Crippen LogP contribution in [0.25, 0.3) is 0 Å². The van der Waals surface area contributed by atoms with Gasteiger partial charge in [0, 0.05) is 18.8 Å². The number of rotatable bonds is 12. The molecule has 1 aromatic heterocycles. The van der Waals surface area contributed by atoms with Gasteiger partial charge in [-0.1, -0.05) is 45.4 Å². The van der Waals surface area contributed by atoms with Gasteiger partial charge in [-0.05, 0) is 24.8 Å². The third-order valence-corrected chi connectivity index (χ3v) is 7.11. The number of sulfonamides is 1. The first-order valence-corrected chi connectivity index (χ1v) is 12.7. The molecule has 9 nitrogen and oxygen atoms in total. The first-order chi connectivity index (χ1) is 14.7. The fourth-order valence-electron chi connectivity index (χ4n) is 3.89.